The molecule has 1 saturated heterocycles. The number of hydroxylamine groups is 2. The fourth-order valence-electron chi connectivity index (χ4n) is 1.67. The maximum atomic E-state index is 11.4. The van der Waals surface area contributed by atoms with Crippen LogP contribution >= 0.6 is 0 Å². The van der Waals surface area contributed by atoms with E-state index in [1.54, 1.807) is 24.3 Å². The van der Waals surface area contributed by atoms with Gasteiger partial charge in [0.1, 0.15) is 6.61 Å². The van der Waals surface area contributed by atoms with Gasteiger partial charge in [-0.1, -0.05) is 34.4 Å². The molecule has 0 atom stereocenters. The van der Waals surface area contributed by atoms with Crippen LogP contribution in [0.3, 0.4) is 0 Å². The number of azide groups is 1. The predicted molar refractivity (Wildman–Crippen MR) is 67.6 cm³/mol. The third kappa shape index (κ3) is 3.48. The van der Waals surface area contributed by atoms with E-state index < -0.39 is 18.0 Å². The molecule has 0 aliphatic carbocycles. The summed E-state index contributed by atoms with van der Waals surface area (Å²) in [5.74, 6) is -1.18. The Morgan fingerprint density at radius 2 is 1.95 bits per heavy atom. The first kappa shape index (κ1) is 14.4. The Hall–Kier alpha value is -3.06. The summed E-state index contributed by atoms with van der Waals surface area (Å²) < 4.78 is 4.78. The van der Waals surface area contributed by atoms with E-state index >= 15 is 0 Å². The maximum absolute atomic E-state index is 11.4. The molecule has 1 aromatic carbocycles. The fourth-order valence-corrected chi connectivity index (χ4v) is 1.67. The summed E-state index contributed by atoms with van der Waals surface area (Å²) in [5.41, 5.74) is 9.18. The third-order valence-corrected chi connectivity index (χ3v) is 2.66. The highest BCUT2D eigenvalue weighted by Crippen LogP contribution is 2.20. The van der Waals surface area contributed by atoms with Gasteiger partial charge in [0.05, 0.1) is 0 Å². The number of nitrogens with zero attached hydrogens (tertiary/aromatic N) is 4. The smallest absolute Gasteiger partial charge is 0.428 e. The molecule has 0 spiro atoms. The molecule has 1 aromatic rings. The second-order valence-electron chi connectivity index (χ2n) is 4.03. The molecular formula is C12H10N4O5. The van der Waals surface area contributed by atoms with Gasteiger partial charge >= 0.3 is 6.16 Å². The largest absolute Gasteiger partial charge is 0.534 e. The standard InChI is InChI=1S/C12H10N4O5/c13-15-14-9-4-2-1-3-8(9)7-20-12(19)21-16-10(17)5-6-11(16)18/h1-4H,5-7H2. The van der Waals surface area contributed by atoms with Gasteiger partial charge in [-0.3, -0.25) is 14.4 Å². The summed E-state index contributed by atoms with van der Waals surface area (Å²) in [6.45, 7) is -0.218. The quantitative estimate of drug-likeness (QED) is 0.277. The van der Waals surface area contributed by atoms with Gasteiger partial charge in [0.2, 0.25) is 0 Å². The van der Waals surface area contributed by atoms with Crippen molar-refractivity contribution < 1.29 is 24.0 Å². The molecule has 0 aromatic heterocycles. The van der Waals surface area contributed by atoms with E-state index in [9.17, 15) is 14.4 Å². The van der Waals surface area contributed by atoms with Crippen LogP contribution in [0.15, 0.2) is 29.4 Å². The molecule has 0 saturated carbocycles. The third-order valence-electron chi connectivity index (χ3n) is 2.66. The van der Waals surface area contributed by atoms with Crippen molar-refractivity contribution in [2.45, 2.75) is 19.4 Å². The molecule has 1 aliphatic heterocycles. The molecule has 9 nitrogen and oxygen atoms in total. The lowest BCUT2D eigenvalue weighted by atomic mass is 10.2. The number of carbonyl (C=O) groups excluding carboxylic acids is 3. The van der Waals surface area contributed by atoms with Crippen molar-refractivity contribution in [2.75, 3.05) is 0 Å². The summed E-state index contributed by atoms with van der Waals surface area (Å²) >= 11 is 0. The van der Waals surface area contributed by atoms with Crippen molar-refractivity contribution in [3.8, 4) is 0 Å². The van der Waals surface area contributed by atoms with Crippen LogP contribution in [0, 0.1) is 0 Å². The first-order valence-corrected chi connectivity index (χ1v) is 5.95. The van der Waals surface area contributed by atoms with Crippen LogP contribution in [0.4, 0.5) is 10.5 Å². The minimum absolute atomic E-state index is 0.00578. The van der Waals surface area contributed by atoms with Crippen LogP contribution < -0.4 is 0 Å². The van der Waals surface area contributed by atoms with Gasteiger partial charge in [-0.25, -0.2) is 4.79 Å². The summed E-state index contributed by atoms with van der Waals surface area (Å²) in [6, 6.07) is 6.49. The van der Waals surface area contributed by atoms with Gasteiger partial charge in [0, 0.05) is 23.4 Å². The van der Waals surface area contributed by atoms with Gasteiger partial charge < -0.3 is 4.74 Å². The van der Waals surface area contributed by atoms with Gasteiger partial charge in [0.15, 0.2) is 0 Å². The molecule has 2 amide bonds. The van der Waals surface area contributed by atoms with Crippen molar-refractivity contribution in [3.05, 3.63) is 40.3 Å². The number of carbonyl (C=O) groups is 3. The van der Waals surface area contributed by atoms with E-state index in [0.717, 1.165) is 0 Å². The first-order valence-electron chi connectivity index (χ1n) is 5.95. The van der Waals surface area contributed by atoms with Crippen molar-refractivity contribution in [3.63, 3.8) is 0 Å². The highest BCUT2D eigenvalue weighted by atomic mass is 16.8. The van der Waals surface area contributed by atoms with E-state index in [1.807, 2.05) is 0 Å². The zero-order valence-electron chi connectivity index (χ0n) is 10.8. The summed E-state index contributed by atoms with van der Waals surface area (Å²) in [4.78, 5) is 41.1. The SMILES string of the molecule is [N-]=[N+]=Nc1ccccc1COC(=O)ON1C(=O)CCC1=O. The topological polar surface area (TPSA) is 122 Å². The van der Waals surface area contributed by atoms with Gasteiger partial charge in [0.25, 0.3) is 11.8 Å². The molecule has 1 fully saturated rings. The zero-order valence-corrected chi connectivity index (χ0v) is 10.8. The van der Waals surface area contributed by atoms with Crippen LogP contribution in [0.5, 0.6) is 0 Å². The van der Waals surface area contributed by atoms with Crippen LogP contribution in [0.2, 0.25) is 0 Å². The highest BCUT2D eigenvalue weighted by Gasteiger charge is 2.33. The Labute approximate surface area is 118 Å². The van der Waals surface area contributed by atoms with Crippen LogP contribution in [0.25, 0.3) is 10.4 Å². The Balaban J connectivity index is 1.94. The lowest BCUT2D eigenvalue weighted by molar-refractivity contribution is -0.177. The highest BCUT2D eigenvalue weighted by molar-refractivity contribution is 6.01. The van der Waals surface area contributed by atoms with Crippen LogP contribution in [-0.4, -0.2) is 23.0 Å². The summed E-state index contributed by atoms with van der Waals surface area (Å²) in [6.07, 6.45) is -1.17. The van der Waals surface area contributed by atoms with Gasteiger partial charge in [-0.2, -0.15) is 0 Å². The molecular weight excluding hydrogens is 280 g/mol. The van der Waals surface area contributed by atoms with Crippen molar-refractivity contribution in [2.24, 2.45) is 5.11 Å². The Morgan fingerprint density at radius 1 is 1.29 bits per heavy atom. The van der Waals surface area contributed by atoms with E-state index in [2.05, 4.69) is 14.9 Å². The first-order chi connectivity index (χ1) is 10.1. The average molecular weight is 290 g/mol. The lowest BCUT2D eigenvalue weighted by Gasteiger charge is -2.12. The second kappa shape index (κ2) is 6.40. The molecule has 2 rings (SSSR count). The summed E-state index contributed by atoms with van der Waals surface area (Å²) in [7, 11) is 0. The van der Waals surface area contributed by atoms with E-state index in [-0.39, 0.29) is 19.4 Å². The molecule has 1 heterocycles. The van der Waals surface area contributed by atoms with E-state index in [1.165, 1.54) is 0 Å². The summed E-state index contributed by atoms with van der Waals surface area (Å²) in [5, 5.41) is 3.83. The Bertz CT molecular complexity index is 622. The average Bonchev–Trinajstić information content (AvgIpc) is 2.78. The fraction of sp³-hybridized carbons (Fsp3) is 0.250. The number of hydrogen-bond acceptors (Lipinski definition) is 6. The number of hydrogen-bond donors (Lipinski definition) is 0. The second-order valence-corrected chi connectivity index (χ2v) is 4.03. The maximum Gasteiger partial charge on any atom is 0.534 e. The van der Waals surface area contributed by atoms with E-state index in [0.29, 0.717) is 16.3 Å². The van der Waals surface area contributed by atoms with Crippen LogP contribution in [0.1, 0.15) is 18.4 Å². The zero-order chi connectivity index (χ0) is 15.2. The number of amides is 2. The van der Waals surface area contributed by atoms with Crippen LogP contribution in [-0.2, 0) is 25.8 Å². The molecule has 9 heteroatoms. The molecule has 108 valence electrons. The minimum atomic E-state index is -1.19. The monoisotopic (exact) mass is 290 g/mol. The van der Waals surface area contributed by atoms with Gasteiger partial charge in [-0.05, 0) is 11.1 Å². The molecule has 0 bridgehead atoms. The number of ether oxygens (including phenoxy) is 1. The van der Waals surface area contributed by atoms with Gasteiger partial charge in [-0.15, -0.1) is 0 Å². The molecule has 21 heavy (non-hydrogen) atoms. The Kier molecular flexibility index (Phi) is 4.37. The molecule has 0 N–H and O–H groups in total. The number of benzene rings is 1. The minimum Gasteiger partial charge on any atom is -0.428 e. The number of imide groups is 1. The van der Waals surface area contributed by atoms with E-state index in [4.69, 9.17) is 10.3 Å². The lowest BCUT2D eigenvalue weighted by Crippen LogP contribution is -2.32. The van der Waals surface area contributed by atoms with Crippen molar-refractivity contribution >= 4 is 23.7 Å². The molecule has 0 radical (unpaired) electrons. The van der Waals surface area contributed by atoms with Crippen molar-refractivity contribution in [1.29, 1.82) is 0 Å². The molecule has 0 unspecified atom stereocenters. The normalized spacial score (nSPS) is 13.8. The van der Waals surface area contributed by atoms with Crippen molar-refractivity contribution in [1.82, 2.24) is 5.06 Å². The Morgan fingerprint density at radius 3 is 2.62 bits per heavy atom. The number of rotatable bonds is 4. The molecule has 1 aliphatic rings. The predicted octanol–water partition coefficient (Wildman–Crippen LogP) is 2.35.